The summed E-state index contributed by atoms with van der Waals surface area (Å²) in [5.74, 6) is -0.743. The van der Waals surface area contributed by atoms with E-state index in [0.29, 0.717) is 10.8 Å². The van der Waals surface area contributed by atoms with E-state index in [0.717, 1.165) is 5.56 Å². The molecule has 6 nitrogen and oxygen atoms in total. The molecule has 8 heteroatoms. The van der Waals surface area contributed by atoms with Gasteiger partial charge in [-0.2, -0.15) is 0 Å². The summed E-state index contributed by atoms with van der Waals surface area (Å²) in [6, 6.07) is 8.89. The Morgan fingerprint density at radius 2 is 2.04 bits per heavy atom. The van der Waals surface area contributed by atoms with Gasteiger partial charge < -0.3 is 9.73 Å². The number of rotatable bonds is 6. The van der Waals surface area contributed by atoms with E-state index in [1.165, 1.54) is 29.7 Å². The topological polar surface area (TPSA) is 84.2 Å². The first-order valence-corrected chi connectivity index (χ1v) is 8.73. The van der Waals surface area contributed by atoms with Crippen LogP contribution in [0.3, 0.4) is 0 Å². The molecule has 0 radical (unpaired) electrons. The first kappa shape index (κ1) is 17.8. The van der Waals surface area contributed by atoms with E-state index in [-0.39, 0.29) is 29.9 Å². The minimum Gasteiger partial charge on any atom is -0.459 e. The third-order valence-corrected chi connectivity index (χ3v) is 4.41. The molecule has 0 bridgehead atoms. The minimum absolute atomic E-state index is 0.0820. The highest BCUT2D eigenvalue weighted by Gasteiger charge is 2.14. The second-order valence-corrected chi connectivity index (χ2v) is 6.45. The van der Waals surface area contributed by atoms with E-state index in [9.17, 15) is 14.0 Å². The van der Waals surface area contributed by atoms with Gasteiger partial charge in [0.05, 0.1) is 24.4 Å². The molecule has 2 heterocycles. The number of nitrogens with zero attached hydrogens (tertiary/aromatic N) is 1. The van der Waals surface area contributed by atoms with E-state index in [4.69, 9.17) is 4.42 Å². The first-order valence-electron chi connectivity index (χ1n) is 7.85. The molecular formula is C18H16FN3O3S. The monoisotopic (exact) mass is 373 g/mol. The van der Waals surface area contributed by atoms with Crippen LogP contribution in [0.5, 0.6) is 0 Å². The van der Waals surface area contributed by atoms with Gasteiger partial charge >= 0.3 is 0 Å². The van der Waals surface area contributed by atoms with Crippen molar-refractivity contribution in [1.82, 2.24) is 10.3 Å². The number of amides is 2. The van der Waals surface area contributed by atoms with Crippen LogP contribution in [0.25, 0.3) is 0 Å². The van der Waals surface area contributed by atoms with Gasteiger partial charge in [0, 0.05) is 5.38 Å². The third kappa shape index (κ3) is 4.54. The van der Waals surface area contributed by atoms with Gasteiger partial charge in [-0.25, -0.2) is 9.37 Å². The van der Waals surface area contributed by atoms with Crippen molar-refractivity contribution in [2.45, 2.75) is 19.4 Å². The Balaban J connectivity index is 1.54. The fourth-order valence-corrected chi connectivity index (χ4v) is 3.01. The maximum absolute atomic E-state index is 13.0. The van der Waals surface area contributed by atoms with Crippen molar-refractivity contribution < 1.29 is 18.4 Å². The molecule has 0 saturated carbocycles. The van der Waals surface area contributed by atoms with Crippen LogP contribution in [0.2, 0.25) is 0 Å². The van der Waals surface area contributed by atoms with Crippen molar-refractivity contribution in [1.29, 1.82) is 0 Å². The van der Waals surface area contributed by atoms with Gasteiger partial charge in [0.2, 0.25) is 5.91 Å². The van der Waals surface area contributed by atoms with Crippen LogP contribution in [0.15, 0.2) is 52.5 Å². The Labute approximate surface area is 153 Å². The molecule has 2 aromatic heterocycles. The number of aromatic nitrogens is 1. The lowest BCUT2D eigenvalue weighted by molar-refractivity contribution is -0.121. The lowest BCUT2D eigenvalue weighted by Crippen LogP contribution is -2.28. The van der Waals surface area contributed by atoms with Crippen molar-refractivity contribution in [2.75, 3.05) is 5.32 Å². The van der Waals surface area contributed by atoms with Crippen molar-refractivity contribution in [3.8, 4) is 0 Å². The summed E-state index contributed by atoms with van der Waals surface area (Å²) >= 11 is 1.23. The van der Waals surface area contributed by atoms with Gasteiger partial charge in [0.15, 0.2) is 10.9 Å². The minimum atomic E-state index is -0.398. The van der Waals surface area contributed by atoms with Crippen LogP contribution in [0.4, 0.5) is 9.52 Å². The molecule has 0 spiro atoms. The fourth-order valence-electron chi connectivity index (χ4n) is 2.30. The molecule has 0 saturated heterocycles. The quantitative estimate of drug-likeness (QED) is 0.692. The Bertz CT molecular complexity index is 891. The number of thiazole rings is 1. The van der Waals surface area contributed by atoms with Gasteiger partial charge in [-0.1, -0.05) is 12.1 Å². The van der Waals surface area contributed by atoms with Gasteiger partial charge in [-0.05, 0) is 36.8 Å². The number of halogens is 1. The lowest BCUT2D eigenvalue weighted by Gasteiger charge is -2.13. The second kappa shape index (κ2) is 7.92. The summed E-state index contributed by atoms with van der Waals surface area (Å²) in [5.41, 5.74) is 1.36. The highest BCUT2D eigenvalue weighted by atomic mass is 32.1. The van der Waals surface area contributed by atoms with E-state index in [1.54, 1.807) is 29.6 Å². The molecule has 1 aromatic carbocycles. The molecule has 2 N–H and O–H groups in total. The molecule has 3 rings (SSSR count). The molecule has 0 unspecified atom stereocenters. The lowest BCUT2D eigenvalue weighted by atomic mass is 10.1. The van der Waals surface area contributed by atoms with Gasteiger partial charge in [0.1, 0.15) is 5.82 Å². The Morgan fingerprint density at radius 3 is 2.73 bits per heavy atom. The Morgan fingerprint density at radius 1 is 1.27 bits per heavy atom. The molecule has 0 fully saturated rings. The predicted molar refractivity (Wildman–Crippen MR) is 95.4 cm³/mol. The normalized spacial score (nSPS) is 11.8. The van der Waals surface area contributed by atoms with E-state index < -0.39 is 5.91 Å². The summed E-state index contributed by atoms with van der Waals surface area (Å²) < 4.78 is 18.0. The number of hydrogen-bond donors (Lipinski definition) is 2. The van der Waals surface area contributed by atoms with E-state index in [1.807, 2.05) is 6.92 Å². The maximum Gasteiger partial charge on any atom is 0.293 e. The largest absolute Gasteiger partial charge is 0.459 e. The number of nitrogens with one attached hydrogen (secondary N) is 2. The zero-order valence-corrected chi connectivity index (χ0v) is 14.7. The summed E-state index contributed by atoms with van der Waals surface area (Å²) in [5, 5.41) is 7.55. The average Bonchev–Trinajstić information content (AvgIpc) is 3.27. The predicted octanol–water partition coefficient (Wildman–Crippen LogP) is 3.55. The molecule has 26 heavy (non-hydrogen) atoms. The number of hydrogen-bond acceptors (Lipinski definition) is 5. The van der Waals surface area contributed by atoms with E-state index >= 15 is 0 Å². The summed E-state index contributed by atoms with van der Waals surface area (Å²) in [6.45, 7) is 1.82. The second-order valence-electron chi connectivity index (χ2n) is 5.59. The van der Waals surface area contributed by atoms with Gasteiger partial charge in [-0.15, -0.1) is 11.3 Å². The molecule has 0 aliphatic rings. The van der Waals surface area contributed by atoms with Crippen LogP contribution in [-0.2, 0) is 11.2 Å². The van der Waals surface area contributed by atoms with E-state index in [2.05, 4.69) is 15.6 Å². The van der Waals surface area contributed by atoms with Crippen molar-refractivity contribution in [3.05, 3.63) is 70.9 Å². The Kier molecular flexibility index (Phi) is 5.43. The number of furan rings is 1. The smallest absolute Gasteiger partial charge is 0.293 e. The van der Waals surface area contributed by atoms with Crippen molar-refractivity contribution in [3.63, 3.8) is 0 Å². The first-order chi connectivity index (χ1) is 12.5. The van der Waals surface area contributed by atoms with Crippen LogP contribution in [0, 0.1) is 5.82 Å². The average molecular weight is 373 g/mol. The Hall–Kier alpha value is -3.00. The van der Waals surface area contributed by atoms with Crippen LogP contribution in [-0.4, -0.2) is 16.8 Å². The third-order valence-electron chi connectivity index (χ3n) is 3.61. The zero-order valence-electron chi connectivity index (χ0n) is 13.9. The van der Waals surface area contributed by atoms with Crippen LogP contribution in [0.1, 0.15) is 34.8 Å². The number of carbonyl (C=O) groups is 2. The van der Waals surface area contributed by atoms with Gasteiger partial charge in [0.25, 0.3) is 5.91 Å². The molecular weight excluding hydrogens is 357 g/mol. The maximum atomic E-state index is 13.0. The number of anilines is 1. The highest BCUT2D eigenvalue weighted by molar-refractivity contribution is 7.14. The summed E-state index contributed by atoms with van der Waals surface area (Å²) in [6.07, 6.45) is 1.49. The van der Waals surface area contributed by atoms with Gasteiger partial charge in [-0.3, -0.25) is 14.9 Å². The molecule has 134 valence electrons. The van der Waals surface area contributed by atoms with Crippen molar-refractivity contribution >= 4 is 28.3 Å². The van der Waals surface area contributed by atoms with Crippen LogP contribution >= 0.6 is 11.3 Å². The molecule has 0 aliphatic heterocycles. The highest BCUT2D eigenvalue weighted by Crippen LogP contribution is 2.18. The van der Waals surface area contributed by atoms with Crippen molar-refractivity contribution in [2.24, 2.45) is 0 Å². The fraction of sp³-hybridized carbons (Fsp3) is 0.167. The summed E-state index contributed by atoms with van der Waals surface area (Å²) in [4.78, 5) is 28.3. The number of carbonyl (C=O) groups excluding carboxylic acids is 2. The molecule has 2 amide bonds. The number of benzene rings is 1. The van der Waals surface area contributed by atoms with Crippen LogP contribution < -0.4 is 10.6 Å². The summed E-state index contributed by atoms with van der Waals surface area (Å²) in [7, 11) is 0. The SMILES string of the molecule is C[C@@H](NC(=O)Cc1csc(NC(=O)c2ccco2)n1)c1ccc(F)cc1. The molecule has 3 aromatic rings. The molecule has 0 aliphatic carbocycles. The standard InChI is InChI=1S/C18H16FN3O3S/c1-11(12-4-6-13(19)7-5-12)20-16(23)9-14-10-26-18(21-14)22-17(24)15-3-2-8-25-15/h2-8,10-11H,9H2,1H3,(H,20,23)(H,21,22,24)/t11-/m1/s1. The zero-order chi connectivity index (χ0) is 18.5. The molecule has 1 atom stereocenters.